The van der Waals surface area contributed by atoms with Gasteiger partial charge in [-0.3, -0.25) is 24.6 Å². The highest BCUT2D eigenvalue weighted by Crippen LogP contribution is 2.49. The van der Waals surface area contributed by atoms with Gasteiger partial charge in [0.05, 0.1) is 0 Å². The van der Waals surface area contributed by atoms with Crippen molar-refractivity contribution in [2.24, 2.45) is 5.92 Å². The molecule has 2 aromatic rings. The largest absolute Gasteiger partial charge is 0.489 e. The summed E-state index contributed by atoms with van der Waals surface area (Å²) in [5.41, 5.74) is 2.09. The summed E-state index contributed by atoms with van der Waals surface area (Å²) in [4.78, 5) is 42.0. The first-order valence-corrected chi connectivity index (χ1v) is 13.3. The van der Waals surface area contributed by atoms with Crippen LogP contribution >= 0.6 is 0 Å². The molecule has 0 radical (unpaired) electrons. The normalized spacial score (nSPS) is 33.4. The van der Waals surface area contributed by atoms with E-state index < -0.39 is 5.54 Å². The van der Waals surface area contributed by atoms with Crippen molar-refractivity contribution in [1.29, 1.82) is 0 Å². The van der Waals surface area contributed by atoms with Crippen LogP contribution in [0.3, 0.4) is 0 Å². The fourth-order valence-corrected chi connectivity index (χ4v) is 7.24. The number of piperidine rings is 2. The van der Waals surface area contributed by atoms with Gasteiger partial charge in [0.1, 0.15) is 17.4 Å². The van der Waals surface area contributed by atoms with Crippen LogP contribution in [0.5, 0.6) is 5.75 Å². The molecule has 3 atom stereocenters. The molecule has 7 nitrogen and oxygen atoms in total. The molecule has 2 aromatic carbocycles. The van der Waals surface area contributed by atoms with Crippen molar-refractivity contribution in [2.75, 3.05) is 13.1 Å². The van der Waals surface area contributed by atoms with Crippen LogP contribution in [-0.4, -0.2) is 58.3 Å². The number of ether oxygens (including phenoxy) is 1. The zero-order chi connectivity index (χ0) is 24.4. The van der Waals surface area contributed by atoms with Crippen molar-refractivity contribution in [1.82, 2.24) is 15.1 Å². The second kappa shape index (κ2) is 8.17. The van der Waals surface area contributed by atoms with Crippen LogP contribution in [0, 0.1) is 5.92 Å². The Labute approximate surface area is 210 Å². The van der Waals surface area contributed by atoms with Gasteiger partial charge in [0.2, 0.25) is 5.91 Å². The van der Waals surface area contributed by atoms with Gasteiger partial charge < -0.3 is 9.64 Å². The van der Waals surface area contributed by atoms with Gasteiger partial charge in [-0.1, -0.05) is 30.3 Å². The number of nitrogens with one attached hydrogen (secondary N) is 1. The SMILES string of the molecule is O=C1NC(=O)C2(N3Cc4cc(O[C@@H]5CCC[C@H]5N5CC[C@H](c6ccccc6)C5)ccc4C3=O)CC1C2. The summed E-state index contributed by atoms with van der Waals surface area (Å²) in [5.74, 6) is 0.557. The van der Waals surface area contributed by atoms with Crippen LogP contribution in [0.2, 0.25) is 0 Å². The van der Waals surface area contributed by atoms with E-state index in [1.165, 1.54) is 12.0 Å². The van der Waals surface area contributed by atoms with Crippen molar-refractivity contribution in [2.45, 2.75) is 68.7 Å². The molecule has 36 heavy (non-hydrogen) atoms. The first-order chi connectivity index (χ1) is 17.5. The second-order valence-electron chi connectivity index (χ2n) is 11.2. The molecule has 186 valence electrons. The molecule has 2 saturated carbocycles. The van der Waals surface area contributed by atoms with Gasteiger partial charge in [-0.05, 0) is 80.3 Å². The van der Waals surface area contributed by atoms with E-state index >= 15 is 0 Å². The number of hydrogen-bond acceptors (Lipinski definition) is 5. The van der Waals surface area contributed by atoms with E-state index in [0.717, 1.165) is 43.7 Å². The van der Waals surface area contributed by atoms with E-state index in [-0.39, 0.29) is 29.7 Å². The maximum absolute atomic E-state index is 13.2. The van der Waals surface area contributed by atoms with Crippen molar-refractivity contribution < 1.29 is 19.1 Å². The third-order valence-electron chi connectivity index (χ3n) is 9.26. The molecular formula is C29H31N3O4. The molecule has 4 aliphatic heterocycles. The molecule has 0 spiro atoms. The maximum atomic E-state index is 13.2. The molecule has 0 aromatic heterocycles. The Hall–Kier alpha value is -3.19. The first kappa shape index (κ1) is 22.0. The molecule has 2 aliphatic carbocycles. The minimum Gasteiger partial charge on any atom is -0.489 e. The molecule has 6 aliphatic rings. The number of carbonyl (C=O) groups is 3. The van der Waals surface area contributed by atoms with Crippen LogP contribution in [0.15, 0.2) is 48.5 Å². The standard InChI is InChI=1S/C29H31N3O4/c33-26-21-14-29(15-21,28(35)30-26)32-17-20-13-22(9-10-23(20)27(32)34)36-25-8-4-7-24(25)31-12-11-19(16-31)18-5-2-1-3-6-18/h1-3,5-6,9-10,13,19,21,24-25H,4,7-8,11-12,14-17H2,(H,30,33,35)/t19-,21?,24+,25+,29?/m0/s1. The Morgan fingerprint density at radius 3 is 2.58 bits per heavy atom. The number of amides is 3. The molecule has 3 saturated heterocycles. The monoisotopic (exact) mass is 485 g/mol. The number of imide groups is 1. The smallest absolute Gasteiger partial charge is 0.255 e. The lowest BCUT2D eigenvalue weighted by atomic mass is 9.63. The van der Waals surface area contributed by atoms with E-state index in [0.29, 0.717) is 36.9 Å². The number of benzene rings is 2. The second-order valence-corrected chi connectivity index (χ2v) is 11.2. The average Bonchev–Trinajstić information content (AvgIpc) is 3.58. The van der Waals surface area contributed by atoms with Gasteiger partial charge in [-0.2, -0.15) is 0 Å². The van der Waals surface area contributed by atoms with Crippen molar-refractivity contribution in [3.8, 4) is 5.75 Å². The summed E-state index contributed by atoms with van der Waals surface area (Å²) >= 11 is 0. The fraction of sp³-hybridized carbons (Fsp3) is 0.483. The van der Waals surface area contributed by atoms with Crippen molar-refractivity contribution in [3.05, 3.63) is 65.2 Å². The molecule has 3 amide bonds. The fourth-order valence-electron chi connectivity index (χ4n) is 7.24. The van der Waals surface area contributed by atoms with E-state index in [1.54, 1.807) is 4.90 Å². The highest BCUT2D eigenvalue weighted by molar-refractivity contribution is 6.10. The average molecular weight is 486 g/mol. The van der Waals surface area contributed by atoms with Gasteiger partial charge in [0.15, 0.2) is 0 Å². The Morgan fingerprint density at radius 2 is 1.78 bits per heavy atom. The highest BCUT2D eigenvalue weighted by Gasteiger charge is 2.63. The molecule has 4 heterocycles. The van der Waals surface area contributed by atoms with Gasteiger partial charge >= 0.3 is 0 Å². The lowest BCUT2D eigenvalue weighted by molar-refractivity contribution is -0.160. The van der Waals surface area contributed by atoms with E-state index in [2.05, 4.69) is 40.5 Å². The zero-order valence-electron chi connectivity index (χ0n) is 20.3. The number of carbonyl (C=O) groups excluding carboxylic acids is 3. The third kappa shape index (κ3) is 3.32. The topological polar surface area (TPSA) is 79.0 Å². The lowest BCUT2D eigenvalue weighted by Crippen LogP contribution is -2.73. The Kier molecular flexibility index (Phi) is 5.00. The number of fused-ring (bicyclic) bond motifs is 3. The van der Waals surface area contributed by atoms with Crippen LogP contribution < -0.4 is 10.1 Å². The Morgan fingerprint density at radius 1 is 0.944 bits per heavy atom. The summed E-state index contributed by atoms with van der Waals surface area (Å²) in [7, 11) is 0. The summed E-state index contributed by atoms with van der Waals surface area (Å²) in [6, 6.07) is 17.0. The van der Waals surface area contributed by atoms with Crippen LogP contribution in [0.4, 0.5) is 0 Å². The van der Waals surface area contributed by atoms with Crippen molar-refractivity contribution in [3.63, 3.8) is 0 Å². The zero-order valence-corrected chi connectivity index (χ0v) is 20.3. The summed E-state index contributed by atoms with van der Waals surface area (Å²) in [6.45, 7) is 2.57. The third-order valence-corrected chi connectivity index (χ3v) is 9.26. The van der Waals surface area contributed by atoms with Gasteiger partial charge in [-0.15, -0.1) is 0 Å². The van der Waals surface area contributed by atoms with Gasteiger partial charge in [0, 0.05) is 30.6 Å². The molecular weight excluding hydrogens is 454 g/mol. The molecule has 2 bridgehead atoms. The van der Waals surface area contributed by atoms with Crippen LogP contribution in [0.25, 0.3) is 0 Å². The van der Waals surface area contributed by atoms with E-state index in [9.17, 15) is 14.4 Å². The predicted octanol–water partition coefficient (Wildman–Crippen LogP) is 3.24. The number of rotatable bonds is 5. The lowest BCUT2D eigenvalue weighted by Gasteiger charge is -2.53. The highest BCUT2D eigenvalue weighted by atomic mass is 16.5. The van der Waals surface area contributed by atoms with Gasteiger partial charge in [-0.25, -0.2) is 0 Å². The quantitative estimate of drug-likeness (QED) is 0.658. The van der Waals surface area contributed by atoms with Crippen LogP contribution in [-0.2, 0) is 16.1 Å². The number of hydrogen-bond donors (Lipinski definition) is 1. The summed E-state index contributed by atoms with van der Waals surface area (Å²) in [6.07, 6.45) is 5.56. The molecule has 8 rings (SSSR count). The maximum Gasteiger partial charge on any atom is 0.255 e. The Balaban J connectivity index is 1.04. The van der Waals surface area contributed by atoms with Crippen LogP contribution in [0.1, 0.15) is 65.9 Å². The number of likely N-dealkylation sites (tertiary alicyclic amines) is 1. The first-order valence-electron chi connectivity index (χ1n) is 13.3. The predicted molar refractivity (Wildman–Crippen MR) is 132 cm³/mol. The number of nitrogens with zero attached hydrogens (tertiary/aromatic N) is 2. The van der Waals surface area contributed by atoms with E-state index in [1.807, 2.05) is 18.2 Å². The molecule has 5 fully saturated rings. The molecule has 1 N–H and O–H groups in total. The minimum absolute atomic E-state index is 0.123. The summed E-state index contributed by atoms with van der Waals surface area (Å²) < 4.78 is 6.56. The molecule has 0 unspecified atom stereocenters. The van der Waals surface area contributed by atoms with Gasteiger partial charge in [0.25, 0.3) is 11.8 Å². The summed E-state index contributed by atoms with van der Waals surface area (Å²) in [5, 5.41) is 2.45. The minimum atomic E-state index is -0.878. The van der Waals surface area contributed by atoms with E-state index in [4.69, 9.17) is 4.74 Å². The molecule has 7 heteroatoms. The van der Waals surface area contributed by atoms with Crippen molar-refractivity contribution >= 4 is 17.7 Å². The Bertz CT molecular complexity index is 1240.